The lowest BCUT2D eigenvalue weighted by Gasteiger charge is -2.08. The third kappa shape index (κ3) is 4.24. The Labute approximate surface area is 162 Å². The van der Waals surface area contributed by atoms with Crippen molar-refractivity contribution in [1.82, 2.24) is 4.98 Å². The Bertz CT molecular complexity index is 1040. The summed E-state index contributed by atoms with van der Waals surface area (Å²) < 4.78 is 28.2. The van der Waals surface area contributed by atoms with Crippen molar-refractivity contribution in [2.75, 3.05) is 6.26 Å². The molecule has 0 unspecified atom stereocenters. The molecule has 3 aromatic rings. The molecule has 5 nitrogen and oxygen atoms in total. The third-order valence-electron chi connectivity index (χ3n) is 3.00. The first-order chi connectivity index (χ1) is 11.7. The Morgan fingerprint density at radius 1 is 1.16 bits per heavy atom. The molecule has 0 saturated carbocycles. The normalized spacial score (nSPS) is 12.6. The lowest BCUT2D eigenvalue weighted by atomic mass is 10.1. The zero-order valence-electron chi connectivity index (χ0n) is 12.5. The molecule has 0 spiro atoms. The van der Waals surface area contributed by atoms with Gasteiger partial charge < -0.3 is 0 Å². The van der Waals surface area contributed by atoms with E-state index in [2.05, 4.69) is 14.4 Å². The van der Waals surface area contributed by atoms with Crippen LogP contribution in [-0.4, -0.2) is 25.4 Å². The van der Waals surface area contributed by atoms with Crippen LogP contribution in [0.15, 0.2) is 41.6 Å². The molecule has 25 heavy (non-hydrogen) atoms. The van der Waals surface area contributed by atoms with Crippen molar-refractivity contribution < 1.29 is 12.7 Å². The molecule has 1 heterocycles. The molecule has 2 aromatic carbocycles. The van der Waals surface area contributed by atoms with E-state index in [4.69, 9.17) is 34.8 Å². The molecule has 0 aliphatic rings. The summed E-state index contributed by atoms with van der Waals surface area (Å²) in [5, 5.41) is 4.90. The summed E-state index contributed by atoms with van der Waals surface area (Å²) in [4.78, 5) is 4.46. The lowest BCUT2D eigenvalue weighted by Crippen LogP contribution is -2.08. The number of hydrogen-bond acceptors (Lipinski definition) is 6. The van der Waals surface area contributed by atoms with Crippen molar-refractivity contribution in [2.24, 2.45) is 5.16 Å². The Kier molecular flexibility index (Phi) is 5.22. The van der Waals surface area contributed by atoms with Crippen LogP contribution in [0.5, 0.6) is 0 Å². The number of oxime groups is 1. The maximum atomic E-state index is 11.4. The minimum Gasteiger partial charge on any atom is -0.268 e. The summed E-state index contributed by atoms with van der Waals surface area (Å²) in [6.07, 6.45) is 0.886. The van der Waals surface area contributed by atoms with Gasteiger partial charge in [0.25, 0.3) is 0 Å². The highest BCUT2D eigenvalue weighted by molar-refractivity contribution is 7.85. The van der Waals surface area contributed by atoms with Crippen molar-refractivity contribution in [3.05, 3.63) is 62.0 Å². The Morgan fingerprint density at radius 2 is 1.80 bits per heavy atom. The smallest absolute Gasteiger partial charge is 0.268 e. The molecule has 3 rings (SSSR count). The van der Waals surface area contributed by atoms with Crippen LogP contribution in [0.2, 0.25) is 15.1 Å². The summed E-state index contributed by atoms with van der Waals surface area (Å²) >= 11 is 19.7. The summed E-state index contributed by atoms with van der Waals surface area (Å²) in [6.45, 7) is 0. The molecule has 0 atom stereocenters. The van der Waals surface area contributed by atoms with E-state index in [1.54, 1.807) is 0 Å². The molecule has 0 fully saturated rings. The van der Waals surface area contributed by atoms with Crippen molar-refractivity contribution >= 4 is 72.2 Å². The van der Waals surface area contributed by atoms with E-state index in [-0.39, 0.29) is 21.3 Å². The summed E-state index contributed by atoms with van der Waals surface area (Å²) in [6, 6.07) is 10.4. The van der Waals surface area contributed by atoms with Crippen LogP contribution in [-0.2, 0) is 14.4 Å². The monoisotopic (exact) mass is 434 g/mol. The molecule has 10 heteroatoms. The number of nitrogens with zero attached hydrogens (tertiary/aromatic N) is 2. The molecule has 1 aromatic heterocycles. The molecule has 0 aliphatic carbocycles. The van der Waals surface area contributed by atoms with Gasteiger partial charge in [0.05, 0.1) is 26.5 Å². The van der Waals surface area contributed by atoms with Gasteiger partial charge in [-0.2, -0.15) is 8.42 Å². The van der Waals surface area contributed by atoms with E-state index in [1.807, 2.05) is 24.3 Å². The van der Waals surface area contributed by atoms with Gasteiger partial charge in [-0.3, -0.25) is 4.28 Å². The molecule has 0 aliphatic heterocycles. The highest BCUT2D eigenvalue weighted by Gasteiger charge is 2.21. The van der Waals surface area contributed by atoms with Gasteiger partial charge in [-0.25, -0.2) is 4.98 Å². The lowest BCUT2D eigenvalue weighted by molar-refractivity contribution is 0.343. The minimum atomic E-state index is -3.82. The van der Waals surface area contributed by atoms with Gasteiger partial charge in [0.2, 0.25) is 0 Å². The molecule has 0 amide bonds. The van der Waals surface area contributed by atoms with Crippen LogP contribution in [0.25, 0.3) is 10.2 Å². The number of hydrogen-bond donors (Lipinski definition) is 0. The van der Waals surface area contributed by atoms with Gasteiger partial charge in [-0.1, -0.05) is 52.1 Å². The third-order valence-corrected chi connectivity index (χ3v) is 5.21. The quantitative estimate of drug-likeness (QED) is 0.428. The van der Waals surface area contributed by atoms with Gasteiger partial charge in [-0.15, -0.1) is 11.3 Å². The fourth-order valence-corrected chi connectivity index (χ4v) is 4.20. The van der Waals surface area contributed by atoms with Gasteiger partial charge >= 0.3 is 10.1 Å². The standard InChI is InChI=1S/C15H9Cl3N2O3S2/c1-25(21,22)23-20-14(13-9(17)6-8(16)7-10(13)18)15-19-11-4-2-3-5-12(11)24-15/h2-7H,1H3. The van der Waals surface area contributed by atoms with Gasteiger partial charge in [-0.05, 0) is 24.3 Å². The van der Waals surface area contributed by atoms with Gasteiger partial charge in [0, 0.05) is 10.6 Å². The van der Waals surface area contributed by atoms with Crippen molar-refractivity contribution in [3.63, 3.8) is 0 Å². The number of para-hydroxylation sites is 1. The fraction of sp³-hybridized carbons (Fsp3) is 0.0667. The Balaban J connectivity index is 2.23. The highest BCUT2D eigenvalue weighted by atomic mass is 35.5. The Hall–Kier alpha value is -1.38. The SMILES string of the molecule is CS(=O)(=O)ON=C(c1nc2ccccc2s1)c1c(Cl)cc(Cl)cc1Cl. The number of fused-ring (bicyclic) bond motifs is 1. The molecule has 0 N–H and O–H groups in total. The largest absolute Gasteiger partial charge is 0.325 e. The average molecular weight is 436 g/mol. The van der Waals surface area contributed by atoms with Crippen LogP contribution >= 0.6 is 46.1 Å². The minimum absolute atomic E-state index is 0.110. The first-order valence-corrected chi connectivity index (χ1v) is 10.5. The molecule has 0 bridgehead atoms. The van der Waals surface area contributed by atoms with Gasteiger partial charge in [0.1, 0.15) is 5.01 Å². The van der Waals surface area contributed by atoms with E-state index in [0.717, 1.165) is 16.5 Å². The average Bonchev–Trinajstić information content (AvgIpc) is 2.92. The van der Waals surface area contributed by atoms with Crippen molar-refractivity contribution in [2.45, 2.75) is 0 Å². The zero-order chi connectivity index (χ0) is 18.2. The zero-order valence-corrected chi connectivity index (χ0v) is 16.4. The van der Waals surface area contributed by atoms with E-state index < -0.39 is 10.1 Å². The molecular formula is C15H9Cl3N2O3S2. The first kappa shape index (κ1) is 18.4. The summed E-state index contributed by atoms with van der Waals surface area (Å²) in [7, 11) is -3.82. The molecular weight excluding hydrogens is 427 g/mol. The van der Waals surface area contributed by atoms with Crippen LogP contribution in [0.1, 0.15) is 10.6 Å². The Morgan fingerprint density at radius 3 is 2.40 bits per heavy atom. The van der Waals surface area contributed by atoms with Crippen molar-refractivity contribution in [3.8, 4) is 0 Å². The van der Waals surface area contributed by atoms with Crippen LogP contribution in [0, 0.1) is 0 Å². The number of rotatable bonds is 4. The van der Waals surface area contributed by atoms with Crippen LogP contribution < -0.4 is 0 Å². The predicted molar refractivity (Wildman–Crippen MR) is 103 cm³/mol. The van der Waals surface area contributed by atoms with E-state index >= 15 is 0 Å². The van der Waals surface area contributed by atoms with Crippen LogP contribution in [0.4, 0.5) is 0 Å². The highest BCUT2D eigenvalue weighted by Crippen LogP contribution is 2.33. The second kappa shape index (κ2) is 7.09. The number of halogens is 3. The van der Waals surface area contributed by atoms with Gasteiger partial charge in [0.15, 0.2) is 5.71 Å². The topological polar surface area (TPSA) is 68.6 Å². The number of aromatic nitrogens is 1. The number of benzene rings is 2. The summed E-state index contributed by atoms with van der Waals surface area (Å²) in [5.74, 6) is 0. The second-order valence-corrected chi connectivity index (χ2v) is 8.79. The predicted octanol–water partition coefficient (Wildman–Crippen LogP) is 4.99. The molecule has 130 valence electrons. The van der Waals surface area contributed by atoms with E-state index in [9.17, 15) is 8.42 Å². The first-order valence-electron chi connectivity index (χ1n) is 6.72. The number of thiazole rings is 1. The van der Waals surface area contributed by atoms with Crippen molar-refractivity contribution in [1.29, 1.82) is 0 Å². The maximum absolute atomic E-state index is 11.4. The maximum Gasteiger partial charge on any atom is 0.325 e. The summed E-state index contributed by atoms with van der Waals surface area (Å²) in [5.41, 5.74) is 1.13. The molecule has 0 radical (unpaired) electrons. The second-order valence-electron chi connectivity index (χ2n) is 4.95. The fourth-order valence-electron chi connectivity index (χ4n) is 2.04. The van der Waals surface area contributed by atoms with E-state index in [0.29, 0.717) is 10.0 Å². The molecule has 0 saturated heterocycles. The van der Waals surface area contributed by atoms with E-state index in [1.165, 1.54) is 23.5 Å². The van der Waals surface area contributed by atoms with Crippen LogP contribution in [0.3, 0.4) is 0 Å².